The Bertz CT molecular complexity index is 0. The van der Waals surface area contributed by atoms with Gasteiger partial charge < -0.3 is 0 Å². The van der Waals surface area contributed by atoms with Crippen molar-refractivity contribution < 1.29 is 280 Å². The first kappa shape index (κ1) is 44.1. The molecule has 0 rings (SSSR count). The first-order valence-electron chi connectivity index (χ1n) is 0. The first-order valence-corrected chi connectivity index (χ1v) is 0. The van der Waals surface area contributed by atoms with Crippen molar-refractivity contribution >= 4 is 0 Å². The van der Waals surface area contributed by atoms with Gasteiger partial charge in [0.15, 0.2) is 0 Å². The van der Waals surface area contributed by atoms with Crippen LogP contribution >= 0.6 is 0 Å². The molecule has 0 amide bonds. The third-order valence-electron chi connectivity index (χ3n) is 0. The van der Waals surface area contributed by atoms with Crippen molar-refractivity contribution in [2.24, 2.45) is 0 Å². The van der Waals surface area contributed by atoms with Gasteiger partial charge in [-0.1, -0.05) is 0 Å². The Kier molecular flexibility index (Phi) is 228. The van der Waals surface area contributed by atoms with Gasteiger partial charge in [0.25, 0.3) is 0 Å². The molecule has 0 bridgehead atoms. The maximum Gasteiger partial charge on any atom is 0 e. The van der Waals surface area contributed by atoms with Gasteiger partial charge in [0.05, 0.1) is 0 Å². The van der Waals surface area contributed by atoms with E-state index in [1.165, 1.54) is 0 Å². The van der Waals surface area contributed by atoms with Gasteiger partial charge in [-0.05, 0) is 0 Å². The Morgan fingerprint density at radius 1 is 0.143 bits per heavy atom. The summed E-state index contributed by atoms with van der Waals surface area (Å²) in [7, 11) is 0. The fourth-order valence-corrected chi connectivity index (χ4v) is 0. The summed E-state index contributed by atoms with van der Waals surface area (Å²) >= 11 is 0. The molecule has 0 saturated carbocycles. The normalized spacial score (nSPS) is 0. The summed E-state index contributed by atoms with van der Waals surface area (Å²) in [6, 6.07) is 0. The summed E-state index contributed by atoms with van der Waals surface area (Å²) in [5, 5.41) is 0. The van der Waals surface area contributed by atoms with E-state index >= 15 is 0 Å². The molecule has 0 unspecified atom stereocenters. The van der Waals surface area contributed by atoms with E-state index < -0.39 is 0 Å². The van der Waals surface area contributed by atoms with Crippen molar-refractivity contribution in [3.63, 3.8) is 0 Å². The topological polar surface area (TPSA) is 0 Å². The minimum absolute atomic E-state index is 0. The fourth-order valence-electron chi connectivity index (χ4n) is 0. The van der Waals surface area contributed by atoms with E-state index in [9.17, 15) is 0 Å². The Morgan fingerprint density at radius 3 is 0.143 bits per heavy atom. The molecule has 0 aromatic rings. The molecular weight excluding hydrogens is 1620 g/mol. The van der Waals surface area contributed by atoms with E-state index in [0.717, 1.165) is 0 Å². The quantitative estimate of drug-likeness (QED) is 0.321. The number of hydrogen-bond donors (Lipinski definition) is 0. The zero-order valence-corrected chi connectivity index (χ0v) is 32.3. The van der Waals surface area contributed by atoms with Crippen molar-refractivity contribution in [1.29, 1.82) is 0 Å². The molecule has 0 atom stereocenters. The molecule has 7 heavy (non-hydrogen) atoms. The van der Waals surface area contributed by atoms with Gasteiger partial charge >= 0.3 is 0 Å². The molecule has 0 heterocycles. The van der Waals surface area contributed by atoms with Crippen LogP contribution < -0.4 is 0 Å². The largest absolute Gasteiger partial charge is 0 e. The van der Waals surface area contributed by atoms with Crippen LogP contribution in [0.3, 0.4) is 0 Å². The summed E-state index contributed by atoms with van der Waals surface area (Å²) in [6.45, 7) is 0. The Morgan fingerprint density at radius 2 is 0.143 bits per heavy atom. The van der Waals surface area contributed by atoms with Crippen molar-refractivity contribution in [1.82, 2.24) is 0 Å². The second-order valence-electron chi connectivity index (χ2n) is 0. The van der Waals surface area contributed by atoms with Crippen LogP contribution in [0.15, 0.2) is 0 Å². The van der Waals surface area contributed by atoms with Crippen LogP contribution in [0.2, 0.25) is 0 Å². The van der Waals surface area contributed by atoms with Crippen LogP contribution in [-0.2, 0) is 0 Å². The maximum atomic E-state index is 0. The molecule has 0 aliphatic carbocycles. The fraction of sp³-hybridized carbons (Fsp3) is 0. The van der Waals surface area contributed by atoms with Gasteiger partial charge in [0.1, 0.15) is 0 Å². The molecule has 0 nitrogen and oxygen atoms in total. The predicted molar refractivity (Wildman–Crippen MR) is 0 cm³/mol. The first-order chi connectivity index (χ1) is 0. The van der Waals surface area contributed by atoms with Crippen LogP contribution in [0.1, 0.15) is 0 Å². The van der Waals surface area contributed by atoms with E-state index in [-0.39, 0.29) is 280 Å². The molecule has 0 aliphatic heterocycles. The minimum Gasteiger partial charge on any atom is 0 e. The van der Waals surface area contributed by atoms with Crippen LogP contribution in [0.25, 0.3) is 0 Å². The standard InChI is InChI=1S/7Th. The summed E-state index contributed by atoms with van der Waals surface area (Å²) < 4.78 is 0. The second kappa shape index (κ2) is 36.2. The molecule has 7 heteroatoms. The van der Waals surface area contributed by atoms with Crippen molar-refractivity contribution in [3.8, 4) is 0 Å². The van der Waals surface area contributed by atoms with Crippen LogP contribution in [0, 0.1) is 280 Å². The van der Waals surface area contributed by atoms with E-state index in [0.29, 0.717) is 0 Å². The van der Waals surface area contributed by atoms with Crippen LogP contribution in [0.5, 0.6) is 0 Å². The Labute approximate surface area is 269 Å². The Balaban J connectivity index is 0. The minimum atomic E-state index is 0. The van der Waals surface area contributed by atoms with Crippen LogP contribution in [-0.4, -0.2) is 0 Å². The summed E-state index contributed by atoms with van der Waals surface area (Å²) in [6.07, 6.45) is 0. The zero-order chi connectivity index (χ0) is 0. The van der Waals surface area contributed by atoms with Gasteiger partial charge in [-0.2, -0.15) is 0 Å². The average molecular weight is 1620 g/mol. The van der Waals surface area contributed by atoms with Crippen molar-refractivity contribution in [2.45, 2.75) is 0 Å². The number of rotatable bonds is 0. The molecule has 28 valence electrons. The molecular formula is Th7. The molecule has 0 aliphatic rings. The van der Waals surface area contributed by atoms with Crippen LogP contribution in [0.4, 0.5) is 0 Å². The maximum absolute atomic E-state index is 0. The third-order valence-corrected chi connectivity index (χ3v) is 0. The molecule has 0 spiro atoms. The van der Waals surface area contributed by atoms with Gasteiger partial charge in [-0.3, -0.25) is 0 Å². The molecule has 0 N–H and O–H groups in total. The monoisotopic (exact) mass is 1620 g/mol. The smallest absolute Gasteiger partial charge is 0 e. The Hall–Kier alpha value is 9.27. The molecule has 0 saturated heterocycles. The van der Waals surface area contributed by atoms with E-state index in [2.05, 4.69) is 0 Å². The van der Waals surface area contributed by atoms with Gasteiger partial charge in [0, 0.05) is 280 Å². The molecule has 0 radical (unpaired) electrons. The molecule has 0 aromatic heterocycles. The van der Waals surface area contributed by atoms with Gasteiger partial charge in [0.2, 0.25) is 0 Å². The second-order valence-corrected chi connectivity index (χ2v) is 0. The number of hydrogen-bond acceptors (Lipinski definition) is 0. The molecule has 0 aromatic carbocycles. The van der Waals surface area contributed by atoms with Gasteiger partial charge in [-0.25, -0.2) is 0 Å². The predicted octanol–water partition coefficient (Wildman–Crippen LogP) is 0. The van der Waals surface area contributed by atoms with E-state index in [4.69, 9.17) is 0 Å². The summed E-state index contributed by atoms with van der Waals surface area (Å²) in [4.78, 5) is 0. The van der Waals surface area contributed by atoms with Crippen molar-refractivity contribution in [3.05, 3.63) is 0 Å². The SMILES string of the molecule is [Th].[Th].[Th].[Th].[Th].[Th].[Th]. The average Bonchev–Trinajstić information content (AvgIpc) is 0. The van der Waals surface area contributed by atoms with E-state index in [1.54, 1.807) is 0 Å². The van der Waals surface area contributed by atoms with E-state index in [1.807, 2.05) is 0 Å². The zero-order valence-electron chi connectivity index (χ0n) is 3.50. The molecule has 0 fully saturated rings. The summed E-state index contributed by atoms with van der Waals surface area (Å²) in [5.41, 5.74) is 0. The van der Waals surface area contributed by atoms with Gasteiger partial charge in [-0.15, -0.1) is 0 Å². The third kappa shape index (κ3) is 31.3. The van der Waals surface area contributed by atoms with Crippen molar-refractivity contribution in [2.75, 3.05) is 0 Å². The summed E-state index contributed by atoms with van der Waals surface area (Å²) in [5.74, 6) is 0.